The van der Waals surface area contributed by atoms with Gasteiger partial charge in [0.15, 0.2) is 12.2 Å². The fourth-order valence-electron chi connectivity index (χ4n) is 5.04. The van der Waals surface area contributed by atoms with E-state index in [1.807, 2.05) is 0 Å². The van der Waals surface area contributed by atoms with Crippen LogP contribution in [0.4, 0.5) is 0 Å². The second-order valence-electron chi connectivity index (χ2n) is 8.00. The van der Waals surface area contributed by atoms with E-state index in [-0.39, 0.29) is 5.41 Å². The van der Waals surface area contributed by atoms with E-state index >= 15 is 0 Å². The topological polar surface area (TPSA) is 3.88 Å². The van der Waals surface area contributed by atoms with Crippen LogP contribution in [0.15, 0.2) is 66.9 Å². The molecule has 0 N–H and O–H groups in total. The number of hydrogen-bond acceptors (Lipinski definition) is 0. The Balaban J connectivity index is 1.92. The Bertz CT molecular complexity index is 967. The van der Waals surface area contributed by atoms with E-state index in [4.69, 9.17) is 0 Å². The number of benzene rings is 2. The maximum atomic E-state index is 2.52. The van der Waals surface area contributed by atoms with Crippen molar-refractivity contribution in [3.05, 3.63) is 89.1 Å². The predicted molar refractivity (Wildman–Crippen MR) is 102 cm³/mol. The number of fused-ring (bicyclic) bond motifs is 6. The molecule has 2 heterocycles. The summed E-state index contributed by atoms with van der Waals surface area (Å²) in [7, 11) is 0. The summed E-state index contributed by atoms with van der Waals surface area (Å²) in [6, 6.07) is 23.2. The first kappa shape index (κ1) is 14.9. The average Bonchev–Trinajstić information content (AvgIpc) is 2.76. The van der Waals surface area contributed by atoms with Gasteiger partial charge < -0.3 is 0 Å². The van der Waals surface area contributed by atoms with Gasteiger partial charge in [0.05, 0.1) is 0 Å². The third-order valence-corrected chi connectivity index (χ3v) is 6.28. The SMILES string of the molecule is CC1(C)c2ccccc2CC2CCc3c(cccc31)-c1cccc[n+]12. The molecule has 0 amide bonds. The molecule has 0 saturated heterocycles. The summed E-state index contributed by atoms with van der Waals surface area (Å²) in [6.07, 6.45) is 5.75. The molecule has 5 rings (SSSR count). The standard InChI is InChI=1S/C24H24N/c1-24(2)21-10-4-3-8-17(21)16-18-13-14-19-20(9-7-11-22(19)24)23-12-5-6-15-25(18)23/h3-12,15,18H,13-14,16H2,1-2H3/q+1. The van der Waals surface area contributed by atoms with Crippen LogP contribution in [0.2, 0.25) is 0 Å². The van der Waals surface area contributed by atoms with Crippen LogP contribution < -0.4 is 4.57 Å². The van der Waals surface area contributed by atoms with Gasteiger partial charge in [-0.2, -0.15) is 4.57 Å². The minimum atomic E-state index is 0.0355. The maximum Gasteiger partial charge on any atom is 0.212 e. The largest absolute Gasteiger partial charge is 0.212 e. The highest BCUT2D eigenvalue weighted by Gasteiger charge is 2.37. The Morgan fingerprint density at radius 1 is 0.880 bits per heavy atom. The molecule has 25 heavy (non-hydrogen) atoms. The van der Waals surface area contributed by atoms with Gasteiger partial charge >= 0.3 is 0 Å². The second kappa shape index (κ2) is 5.29. The van der Waals surface area contributed by atoms with E-state index in [0.717, 1.165) is 12.8 Å². The van der Waals surface area contributed by atoms with Crippen molar-refractivity contribution in [2.75, 3.05) is 0 Å². The van der Waals surface area contributed by atoms with Crippen molar-refractivity contribution in [3.8, 4) is 11.3 Å². The summed E-state index contributed by atoms with van der Waals surface area (Å²) in [5.41, 5.74) is 8.86. The van der Waals surface area contributed by atoms with Gasteiger partial charge in [0.1, 0.15) is 0 Å². The lowest BCUT2D eigenvalue weighted by Gasteiger charge is -2.31. The fourth-order valence-corrected chi connectivity index (χ4v) is 5.04. The Morgan fingerprint density at radius 3 is 2.60 bits per heavy atom. The zero-order valence-electron chi connectivity index (χ0n) is 15.0. The third kappa shape index (κ3) is 2.12. The van der Waals surface area contributed by atoms with Crippen LogP contribution in [0, 0.1) is 0 Å². The summed E-state index contributed by atoms with van der Waals surface area (Å²) in [5, 5.41) is 0. The summed E-state index contributed by atoms with van der Waals surface area (Å²) in [5.74, 6) is 0. The van der Waals surface area contributed by atoms with E-state index in [0.29, 0.717) is 6.04 Å². The van der Waals surface area contributed by atoms with Crippen molar-refractivity contribution in [1.82, 2.24) is 0 Å². The van der Waals surface area contributed by atoms with Crippen molar-refractivity contribution in [2.24, 2.45) is 0 Å². The number of pyridine rings is 1. The van der Waals surface area contributed by atoms with Gasteiger partial charge in [0.25, 0.3) is 0 Å². The molecular formula is C24H24N+. The molecule has 1 aliphatic heterocycles. The van der Waals surface area contributed by atoms with Crippen molar-refractivity contribution in [1.29, 1.82) is 0 Å². The molecule has 0 fully saturated rings. The Labute approximate surface area is 150 Å². The van der Waals surface area contributed by atoms with Gasteiger partial charge in [0, 0.05) is 36.0 Å². The first-order chi connectivity index (χ1) is 12.2. The molecule has 2 aliphatic rings. The quantitative estimate of drug-likeness (QED) is 0.511. The maximum absolute atomic E-state index is 2.52. The minimum Gasteiger partial charge on any atom is -0.195 e. The zero-order valence-corrected chi connectivity index (χ0v) is 15.0. The van der Waals surface area contributed by atoms with Gasteiger partial charge in [-0.25, -0.2) is 0 Å². The van der Waals surface area contributed by atoms with Crippen LogP contribution in [0.3, 0.4) is 0 Å². The Hall–Kier alpha value is -2.41. The monoisotopic (exact) mass is 326 g/mol. The van der Waals surface area contributed by atoms with Crippen LogP contribution >= 0.6 is 0 Å². The van der Waals surface area contributed by atoms with Crippen molar-refractivity contribution in [3.63, 3.8) is 0 Å². The number of hydrogen-bond donors (Lipinski definition) is 0. The lowest BCUT2D eigenvalue weighted by Crippen LogP contribution is -2.42. The van der Waals surface area contributed by atoms with Gasteiger partial charge in [-0.15, -0.1) is 0 Å². The van der Waals surface area contributed by atoms with E-state index < -0.39 is 0 Å². The molecule has 2 bridgehead atoms. The lowest BCUT2D eigenvalue weighted by molar-refractivity contribution is -0.712. The third-order valence-electron chi connectivity index (χ3n) is 6.28. The fraction of sp³-hybridized carbons (Fsp3) is 0.292. The van der Waals surface area contributed by atoms with Gasteiger partial charge in [-0.1, -0.05) is 50.2 Å². The summed E-state index contributed by atoms with van der Waals surface area (Å²) < 4.78 is 2.52. The van der Waals surface area contributed by atoms with Crippen molar-refractivity contribution >= 4 is 0 Å². The molecule has 1 unspecified atom stereocenters. The van der Waals surface area contributed by atoms with E-state index in [1.54, 1.807) is 5.56 Å². The Morgan fingerprint density at radius 2 is 1.68 bits per heavy atom. The van der Waals surface area contributed by atoms with E-state index in [2.05, 4.69) is 85.3 Å². The molecular weight excluding hydrogens is 302 g/mol. The molecule has 3 aromatic rings. The predicted octanol–water partition coefficient (Wildman–Crippen LogP) is 5.01. The molecule has 0 spiro atoms. The summed E-state index contributed by atoms with van der Waals surface area (Å²) in [6.45, 7) is 4.80. The first-order valence-corrected chi connectivity index (χ1v) is 9.37. The highest BCUT2D eigenvalue weighted by Crippen LogP contribution is 2.42. The van der Waals surface area contributed by atoms with E-state index in [1.165, 1.54) is 34.4 Å². The minimum absolute atomic E-state index is 0.0355. The molecule has 2 aromatic carbocycles. The first-order valence-electron chi connectivity index (χ1n) is 9.37. The lowest BCUT2D eigenvalue weighted by atomic mass is 9.73. The van der Waals surface area contributed by atoms with Crippen LogP contribution in [-0.2, 0) is 18.3 Å². The van der Waals surface area contributed by atoms with E-state index in [9.17, 15) is 0 Å². The van der Waals surface area contributed by atoms with Crippen molar-refractivity contribution in [2.45, 2.75) is 44.6 Å². The van der Waals surface area contributed by atoms with Gasteiger partial charge in [-0.3, -0.25) is 0 Å². The van der Waals surface area contributed by atoms with Crippen LogP contribution in [-0.4, -0.2) is 0 Å². The average molecular weight is 326 g/mol. The molecule has 0 radical (unpaired) electrons. The van der Waals surface area contributed by atoms with Gasteiger partial charge in [0.2, 0.25) is 5.69 Å². The normalized spacial score (nSPS) is 19.8. The molecule has 1 atom stereocenters. The van der Waals surface area contributed by atoms with Crippen LogP contribution in [0.1, 0.15) is 48.6 Å². The number of rotatable bonds is 0. The molecule has 124 valence electrons. The van der Waals surface area contributed by atoms with Gasteiger partial charge in [-0.05, 0) is 40.8 Å². The van der Waals surface area contributed by atoms with Crippen LogP contribution in [0.5, 0.6) is 0 Å². The number of nitrogens with zero attached hydrogens (tertiary/aromatic N) is 1. The highest BCUT2D eigenvalue weighted by molar-refractivity contribution is 5.66. The second-order valence-corrected chi connectivity index (χ2v) is 8.00. The zero-order chi connectivity index (χ0) is 17.0. The highest BCUT2D eigenvalue weighted by atomic mass is 15.0. The molecule has 1 heteroatoms. The number of aromatic nitrogens is 1. The molecule has 1 nitrogen and oxygen atoms in total. The van der Waals surface area contributed by atoms with Crippen LogP contribution in [0.25, 0.3) is 11.3 Å². The summed E-state index contributed by atoms with van der Waals surface area (Å²) in [4.78, 5) is 0. The molecule has 0 saturated carbocycles. The summed E-state index contributed by atoms with van der Waals surface area (Å²) >= 11 is 0. The smallest absolute Gasteiger partial charge is 0.195 e. The Kier molecular flexibility index (Phi) is 3.15. The molecule has 1 aromatic heterocycles. The van der Waals surface area contributed by atoms with Crippen molar-refractivity contribution < 1.29 is 4.57 Å². The molecule has 1 aliphatic carbocycles.